The van der Waals surface area contributed by atoms with Gasteiger partial charge in [0, 0.05) is 23.1 Å². The second-order valence-corrected chi connectivity index (χ2v) is 6.64. The van der Waals surface area contributed by atoms with E-state index in [0.717, 1.165) is 30.7 Å². The number of rotatable bonds is 5. The van der Waals surface area contributed by atoms with Gasteiger partial charge in [-0.05, 0) is 30.5 Å². The smallest absolute Gasteiger partial charge is 0.235 e. The van der Waals surface area contributed by atoms with Crippen molar-refractivity contribution >= 4 is 16.7 Å². The minimum atomic E-state index is -1.05. The molecule has 5 heteroatoms. The number of carbonyl (C=O) groups excluding carboxylic acids is 1. The summed E-state index contributed by atoms with van der Waals surface area (Å²) in [5, 5.41) is 0. The van der Waals surface area contributed by atoms with Crippen LogP contribution < -0.4 is 4.74 Å². The van der Waals surface area contributed by atoms with Crippen LogP contribution in [-0.4, -0.2) is 40.2 Å². The van der Waals surface area contributed by atoms with Gasteiger partial charge in [0.25, 0.3) is 0 Å². The summed E-state index contributed by atoms with van der Waals surface area (Å²) >= 11 is 0. The summed E-state index contributed by atoms with van der Waals surface area (Å²) in [7, 11) is 0.594. The van der Waals surface area contributed by atoms with Crippen LogP contribution in [-0.2, 0) is 15.6 Å². The van der Waals surface area contributed by atoms with E-state index in [1.54, 1.807) is 7.11 Å². The van der Waals surface area contributed by atoms with Crippen LogP contribution in [0.5, 0.6) is 5.75 Å². The third kappa shape index (κ3) is 3.39. The van der Waals surface area contributed by atoms with Gasteiger partial charge in [-0.3, -0.25) is 9.00 Å². The fraction of sp³-hybridized carbons (Fsp3) is 0.533. The van der Waals surface area contributed by atoms with Gasteiger partial charge in [0.2, 0.25) is 5.91 Å². The highest BCUT2D eigenvalue weighted by atomic mass is 32.2. The molecule has 0 radical (unpaired) electrons. The molecular weight excluding hydrogens is 274 g/mol. The van der Waals surface area contributed by atoms with E-state index in [-0.39, 0.29) is 17.7 Å². The van der Waals surface area contributed by atoms with Gasteiger partial charge in [0.05, 0.1) is 13.2 Å². The van der Waals surface area contributed by atoms with Crippen molar-refractivity contribution < 1.29 is 13.7 Å². The third-order valence-electron chi connectivity index (χ3n) is 3.66. The maximum absolute atomic E-state index is 12.3. The zero-order valence-corrected chi connectivity index (χ0v) is 12.8. The number of likely N-dealkylation sites (tertiary alicyclic amines) is 1. The maximum Gasteiger partial charge on any atom is 0.235 e. The average Bonchev–Trinajstić information content (AvgIpc) is 2.96. The van der Waals surface area contributed by atoms with Crippen LogP contribution >= 0.6 is 0 Å². The predicted octanol–water partition coefficient (Wildman–Crippen LogP) is 2.13. The Balaban J connectivity index is 2.14. The lowest BCUT2D eigenvalue weighted by atomic mass is 10.0. The van der Waals surface area contributed by atoms with Gasteiger partial charge < -0.3 is 9.64 Å². The van der Waals surface area contributed by atoms with Crippen LogP contribution in [0.4, 0.5) is 0 Å². The zero-order chi connectivity index (χ0) is 14.5. The summed E-state index contributed by atoms with van der Waals surface area (Å²) in [6, 6.07) is 7.94. The molecule has 2 atom stereocenters. The van der Waals surface area contributed by atoms with Crippen molar-refractivity contribution in [1.29, 1.82) is 0 Å². The van der Waals surface area contributed by atoms with E-state index in [0.29, 0.717) is 5.75 Å². The molecule has 0 bridgehead atoms. The second kappa shape index (κ2) is 6.88. The van der Waals surface area contributed by atoms with Gasteiger partial charge in [0.15, 0.2) is 0 Å². The van der Waals surface area contributed by atoms with E-state index in [9.17, 15) is 9.00 Å². The van der Waals surface area contributed by atoms with Gasteiger partial charge >= 0.3 is 0 Å². The fourth-order valence-electron chi connectivity index (χ4n) is 2.58. The molecule has 0 aromatic heterocycles. The van der Waals surface area contributed by atoms with Gasteiger partial charge in [-0.25, -0.2) is 0 Å². The van der Waals surface area contributed by atoms with E-state index in [1.165, 1.54) is 0 Å². The summed E-state index contributed by atoms with van der Waals surface area (Å²) in [6.07, 6.45) is 1.95. The van der Waals surface area contributed by atoms with Crippen molar-refractivity contribution in [3.8, 4) is 5.75 Å². The van der Waals surface area contributed by atoms with Crippen molar-refractivity contribution in [2.24, 2.45) is 0 Å². The van der Waals surface area contributed by atoms with Crippen molar-refractivity contribution in [2.75, 3.05) is 25.2 Å². The molecule has 1 saturated heterocycles. The number of ether oxygens (including phenoxy) is 1. The SMILES string of the molecule is CC[S@](=O)CC(=O)N1CCC[C@@H]1c1cccc(OC)c1. The third-order valence-corrected chi connectivity index (χ3v) is 4.87. The largest absolute Gasteiger partial charge is 0.497 e. The Hall–Kier alpha value is -1.36. The Bertz CT molecular complexity index is 504. The Morgan fingerprint density at radius 2 is 2.30 bits per heavy atom. The lowest BCUT2D eigenvalue weighted by Gasteiger charge is -2.25. The monoisotopic (exact) mass is 295 g/mol. The minimum absolute atomic E-state index is 0.00416. The van der Waals surface area contributed by atoms with E-state index in [2.05, 4.69) is 0 Å². The van der Waals surface area contributed by atoms with Gasteiger partial charge in [-0.1, -0.05) is 19.1 Å². The van der Waals surface area contributed by atoms with Crippen LogP contribution in [0.3, 0.4) is 0 Å². The molecule has 1 aliphatic rings. The first-order chi connectivity index (χ1) is 9.65. The number of hydrogen-bond donors (Lipinski definition) is 0. The summed E-state index contributed by atoms with van der Waals surface area (Å²) in [4.78, 5) is 14.1. The average molecular weight is 295 g/mol. The molecule has 110 valence electrons. The molecule has 20 heavy (non-hydrogen) atoms. The number of nitrogens with zero attached hydrogens (tertiary/aromatic N) is 1. The molecule has 0 N–H and O–H groups in total. The van der Waals surface area contributed by atoms with Crippen LogP contribution in [0.1, 0.15) is 31.4 Å². The van der Waals surface area contributed by atoms with Gasteiger partial charge in [0.1, 0.15) is 11.5 Å². The molecular formula is C15H21NO3S. The molecule has 1 aliphatic heterocycles. The zero-order valence-electron chi connectivity index (χ0n) is 12.0. The van der Waals surface area contributed by atoms with Gasteiger partial charge in [-0.2, -0.15) is 0 Å². The molecule has 2 rings (SSSR count). The highest BCUT2D eigenvalue weighted by Gasteiger charge is 2.30. The van der Waals surface area contributed by atoms with Crippen molar-refractivity contribution in [3.63, 3.8) is 0 Å². The highest BCUT2D eigenvalue weighted by molar-refractivity contribution is 7.85. The summed E-state index contributed by atoms with van der Waals surface area (Å²) in [5.74, 6) is 1.47. The molecule has 0 spiro atoms. The van der Waals surface area contributed by atoms with E-state index >= 15 is 0 Å². The van der Waals surface area contributed by atoms with E-state index in [4.69, 9.17) is 4.74 Å². The van der Waals surface area contributed by atoms with Crippen molar-refractivity contribution in [1.82, 2.24) is 4.90 Å². The van der Waals surface area contributed by atoms with E-state index < -0.39 is 10.8 Å². The number of carbonyl (C=O) groups is 1. The topological polar surface area (TPSA) is 46.6 Å². The molecule has 1 fully saturated rings. The number of hydrogen-bond acceptors (Lipinski definition) is 3. The molecule has 1 aromatic carbocycles. The maximum atomic E-state index is 12.3. The highest BCUT2D eigenvalue weighted by Crippen LogP contribution is 2.33. The minimum Gasteiger partial charge on any atom is -0.497 e. The Morgan fingerprint density at radius 1 is 1.50 bits per heavy atom. The Labute approximate surface area is 122 Å². The molecule has 4 nitrogen and oxygen atoms in total. The quantitative estimate of drug-likeness (QED) is 0.836. The van der Waals surface area contributed by atoms with Gasteiger partial charge in [-0.15, -0.1) is 0 Å². The lowest BCUT2D eigenvalue weighted by molar-refractivity contribution is -0.129. The predicted molar refractivity (Wildman–Crippen MR) is 80.2 cm³/mol. The fourth-order valence-corrected chi connectivity index (χ4v) is 3.23. The normalized spacial score (nSPS) is 19.9. The first-order valence-electron chi connectivity index (χ1n) is 6.94. The number of amides is 1. The molecule has 0 saturated carbocycles. The molecule has 1 heterocycles. The molecule has 0 aliphatic carbocycles. The van der Waals surface area contributed by atoms with Crippen LogP contribution in [0, 0.1) is 0 Å². The van der Waals surface area contributed by atoms with Crippen LogP contribution in [0.25, 0.3) is 0 Å². The first kappa shape index (κ1) is 15.0. The Morgan fingerprint density at radius 3 is 3.00 bits per heavy atom. The van der Waals surface area contributed by atoms with Crippen molar-refractivity contribution in [3.05, 3.63) is 29.8 Å². The Kier molecular flexibility index (Phi) is 5.17. The van der Waals surface area contributed by atoms with Crippen LogP contribution in [0.2, 0.25) is 0 Å². The first-order valence-corrected chi connectivity index (χ1v) is 8.43. The number of benzene rings is 1. The molecule has 1 amide bonds. The lowest BCUT2D eigenvalue weighted by Crippen LogP contribution is -2.34. The number of methoxy groups -OCH3 is 1. The van der Waals surface area contributed by atoms with Crippen molar-refractivity contribution in [2.45, 2.75) is 25.8 Å². The van der Waals surface area contributed by atoms with E-state index in [1.807, 2.05) is 36.1 Å². The summed E-state index contributed by atoms with van der Waals surface area (Å²) in [6.45, 7) is 2.59. The summed E-state index contributed by atoms with van der Waals surface area (Å²) < 4.78 is 16.8. The molecule has 1 aromatic rings. The second-order valence-electron chi connectivity index (χ2n) is 4.89. The summed E-state index contributed by atoms with van der Waals surface area (Å²) in [5.41, 5.74) is 1.09. The standard InChI is InChI=1S/C15H21NO3S/c1-3-20(18)11-15(17)16-9-5-8-14(16)12-6-4-7-13(10-12)19-2/h4,6-7,10,14H,3,5,8-9,11H2,1-2H3/t14-,20+/m1/s1. The van der Waals surface area contributed by atoms with Crippen LogP contribution in [0.15, 0.2) is 24.3 Å². The molecule has 0 unspecified atom stereocenters.